The number of hydrogen-bond acceptors (Lipinski definition) is 6. The Morgan fingerprint density at radius 1 is 1.00 bits per heavy atom. The molecule has 4 rings (SSSR count). The van der Waals surface area contributed by atoms with Gasteiger partial charge in [0, 0.05) is 22.2 Å². The average Bonchev–Trinajstić information content (AvgIpc) is 3.29. The zero-order valence-electron chi connectivity index (χ0n) is 18.3. The number of carbonyl (C=O) groups is 1. The van der Waals surface area contributed by atoms with Crippen LogP contribution in [0.25, 0.3) is 0 Å². The fourth-order valence-corrected chi connectivity index (χ4v) is 3.42. The molecule has 0 unspecified atom stereocenters. The van der Waals surface area contributed by atoms with E-state index in [0.29, 0.717) is 27.3 Å². The molecule has 10 heteroatoms. The van der Waals surface area contributed by atoms with E-state index < -0.39 is 10.8 Å². The Balaban J connectivity index is 1.47. The van der Waals surface area contributed by atoms with Crippen LogP contribution in [0.15, 0.2) is 77.2 Å². The molecule has 0 aliphatic rings. The highest BCUT2D eigenvalue weighted by atomic mass is 35.5. The summed E-state index contributed by atoms with van der Waals surface area (Å²) in [4.78, 5) is 23.5. The standard InChI is InChI=1S/C25H18Cl2N2O6/c1-15-9-20(5-7-23(15)27)34-22-12-17(11-18(13-22)29(31)32)28-25(30)24-8-6-21(35-24)14-33-19-4-2-3-16(26)10-19/h2-13H,14H2,1H3,(H,28,30). The van der Waals surface area contributed by atoms with Crippen LogP contribution < -0.4 is 14.8 Å². The highest BCUT2D eigenvalue weighted by Crippen LogP contribution is 2.31. The summed E-state index contributed by atoms with van der Waals surface area (Å²) in [5, 5.41) is 15.1. The number of nitrogens with one attached hydrogen (secondary N) is 1. The SMILES string of the molecule is Cc1cc(Oc2cc(NC(=O)c3ccc(COc4cccc(Cl)c4)o3)cc([N+](=O)[O-])c2)ccc1Cl. The summed E-state index contributed by atoms with van der Waals surface area (Å²) in [5.41, 5.74) is 0.702. The summed E-state index contributed by atoms with van der Waals surface area (Å²) >= 11 is 12.0. The third-order valence-corrected chi connectivity index (χ3v) is 5.45. The lowest BCUT2D eigenvalue weighted by molar-refractivity contribution is -0.384. The Morgan fingerprint density at radius 2 is 1.83 bits per heavy atom. The van der Waals surface area contributed by atoms with Crippen LogP contribution >= 0.6 is 23.2 Å². The van der Waals surface area contributed by atoms with Crippen molar-refractivity contribution in [1.82, 2.24) is 0 Å². The Labute approximate surface area is 210 Å². The van der Waals surface area contributed by atoms with E-state index in [2.05, 4.69) is 5.32 Å². The van der Waals surface area contributed by atoms with Gasteiger partial charge in [0.05, 0.1) is 16.7 Å². The van der Waals surface area contributed by atoms with Gasteiger partial charge in [-0.05, 0) is 61.0 Å². The van der Waals surface area contributed by atoms with Crippen LogP contribution in [0.5, 0.6) is 17.2 Å². The van der Waals surface area contributed by atoms with Gasteiger partial charge in [-0.3, -0.25) is 14.9 Å². The molecule has 0 radical (unpaired) electrons. The molecule has 0 atom stereocenters. The molecule has 3 aromatic carbocycles. The largest absolute Gasteiger partial charge is 0.486 e. The van der Waals surface area contributed by atoms with E-state index in [0.717, 1.165) is 5.56 Å². The second-order valence-electron chi connectivity index (χ2n) is 7.45. The lowest BCUT2D eigenvalue weighted by Crippen LogP contribution is -2.11. The van der Waals surface area contributed by atoms with Crippen molar-refractivity contribution in [2.45, 2.75) is 13.5 Å². The molecule has 1 heterocycles. The Morgan fingerprint density at radius 3 is 2.57 bits per heavy atom. The summed E-state index contributed by atoms with van der Waals surface area (Å²) in [7, 11) is 0. The molecule has 1 N–H and O–H groups in total. The number of amides is 1. The van der Waals surface area contributed by atoms with E-state index in [4.69, 9.17) is 37.1 Å². The maximum Gasteiger partial charge on any atom is 0.291 e. The third-order valence-electron chi connectivity index (χ3n) is 4.79. The molecule has 0 bridgehead atoms. The molecule has 0 saturated heterocycles. The van der Waals surface area contributed by atoms with Crippen molar-refractivity contribution in [3.63, 3.8) is 0 Å². The van der Waals surface area contributed by atoms with E-state index >= 15 is 0 Å². The third kappa shape index (κ3) is 6.32. The second kappa shape index (κ2) is 10.5. The highest BCUT2D eigenvalue weighted by molar-refractivity contribution is 6.31. The van der Waals surface area contributed by atoms with Gasteiger partial charge in [0.25, 0.3) is 11.6 Å². The van der Waals surface area contributed by atoms with Crippen molar-refractivity contribution in [3.8, 4) is 17.2 Å². The fourth-order valence-electron chi connectivity index (χ4n) is 3.12. The van der Waals surface area contributed by atoms with Gasteiger partial charge in [-0.15, -0.1) is 0 Å². The quantitative estimate of drug-likeness (QED) is 0.194. The van der Waals surface area contributed by atoms with Crippen molar-refractivity contribution < 1.29 is 23.6 Å². The summed E-state index contributed by atoms with van der Waals surface area (Å²) in [5.74, 6) is 1.01. The number of nitro groups is 1. The molecule has 0 saturated carbocycles. The number of hydrogen-bond donors (Lipinski definition) is 1. The zero-order valence-corrected chi connectivity index (χ0v) is 19.8. The number of aryl methyl sites for hydroxylation is 1. The molecule has 1 aromatic heterocycles. The van der Waals surface area contributed by atoms with Gasteiger partial charge in [-0.2, -0.15) is 0 Å². The van der Waals surface area contributed by atoms with Gasteiger partial charge in [-0.25, -0.2) is 0 Å². The van der Waals surface area contributed by atoms with Crippen LogP contribution in [-0.2, 0) is 6.61 Å². The number of furan rings is 1. The predicted molar refractivity (Wildman–Crippen MR) is 132 cm³/mol. The van der Waals surface area contributed by atoms with Crippen molar-refractivity contribution in [1.29, 1.82) is 0 Å². The number of nitro benzene ring substituents is 1. The predicted octanol–water partition coefficient (Wildman–Crippen LogP) is 7.43. The van der Waals surface area contributed by atoms with Crippen molar-refractivity contribution in [2.24, 2.45) is 0 Å². The van der Waals surface area contributed by atoms with Crippen LogP contribution in [0.1, 0.15) is 21.9 Å². The number of nitrogens with zero attached hydrogens (tertiary/aromatic N) is 1. The molecule has 8 nitrogen and oxygen atoms in total. The first-order valence-electron chi connectivity index (χ1n) is 10.3. The smallest absolute Gasteiger partial charge is 0.291 e. The summed E-state index contributed by atoms with van der Waals surface area (Å²) in [6.45, 7) is 1.90. The van der Waals surface area contributed by atoms with Gasteiger partial charge >= 0.3 is 0 Å². The van der Waals surface area contributed by atoms with E-state index in [1.165, 1.54) is 24.3 Å². The first-order valence-corrected chi connectivity index (χ1v) is 11.0. The van der Waals surface area contributed by atoms with E-state index in [1.54, 1.807) is 48.5 Å². The van der Waals surface area contributed by atoms with Crippen LogP contribution in [0.4, 0.5) is 11.4 Å². The van der Waals surface area contributed by atoms with Crippen molar-refractivity contribution >= 4 is 40.5 Å². The first-order chi connectivity index (χ1) is 16.8. The molecule has 178 valence electrons. The number of ether oxygens (including phenoxy) is 2. The first kappa shape index (κ1) is 24.1. The lowest BCUT2D eigenvalue weighted by Gasteiger charge is -2.10. The minimum atomic E-state index is -0.590. The molecule has 0 spiro atoms. The topological polar surface area (TPSA) is 104 Å². The number of benzene rings is 3. The van der Waals surface area contributed by atoms with Crippen LogP contribution in [0.2, 0.25) is 10.0 Å². The zero-order chi connectivity index (χ0) is 24.9. The molecule has 1 amide bonds. The van der Waals surface area contributed by atoms with Crippen molar-refractivity contribution in [3.05, 3.63) is 110 Å². The van der Waals surface area contributed by atoms with Gasteiger partial charge in [0.1, 0.15) is 29.6 Å². The summed E-state index contributed by atoms with van der Waals surface area (Å²) in [6, 6.07) is 18.9. The Bertz CT molecular complexity index is 1400. The Hall–Kier alpha value is -4.01. The summed E-state index contributed by atoms with van der Waals surface area (Å²) < 4.78 is 16.9. The number of anilines is 1. The minimum Gasteiger partial charge on any atom is -0.486 e. The monoisotopic (exact) mass is 512 g/mol. The van der Waals surface area contributed by atoms with Gasteiger partial charge in [0.2, 0.25) is 0 Å². The molecule has 4 aromatic rings. The number of rotatable bonds is 8. The highest BCUT2D eigenvalue weighted by Gasteiger charge is 2.16. The minimum absolute atomic E-state index is 0.0111. The Kier molecular flexibility index (Phi) is 7.24. The van der Waals surface area contributed by atoms with Crippen LogP contribution in [0, 0.1) is 17.0 Å². The van der Waals surface area contributed by atoms with Gasteiger partial charge in [-0.1, -0.05) is 29.3 Å². The van der Waals surface area contributed by atoms with Crippen molar-refractivity contribution in [2.75, 3.05) is 5.32 Å². The molecule has 0 fully saturated rings. The maximum atomic E-state index is 12.7. The fraction of sp³-hybridized carbons (Fsp3) is 0.0800. The van der Waals surface area contributed by atoms with Crippen LogP contribution in [0.3, 0.4) is 0 Å². The maximum absolute atomic E-state index is 12.7. The lowest BCUT2D eigenvalue weighted by atomic mass is 10.2. The summed E-state index contributed by atoms with van der Waals surface area (Å²) in [6.07, 6.45) is 0. The molecule has 0 aliphatic heterocycles. The second-order valence-corrected chi connectivity index (χ2v) is 8.30. The van der Waals surface area contributed by atoms with E-state index in [1.807, 2.05) is 6.92 Å². The van der Waals surface area contributed by atoms with Gasteiger partial charge < -0.3 is 19.2 Å². The van der Waals surface area contributed by atoms with E-state index in [-0.39, 0.29) is 29.5 Å². The van der Waals surface area contributed by atoms with Gasteiger partial charge in [0.15, 0.2) is 5.76 Å². The number of non-ortho nitro benzene ring substituents is 1. The average molecular weight is 513 g/mol. The van der Waals surface area contributed by atoms with E-state index in [9.17, 15) is 14.9 Å². The molecular weight excluding hydrogens is 495 g/mol. The van der Waals surface area contributed by atoms with Crippen LogP contribution in [-0.4, -0.2) is 10.8 Å². The number of halogens is 2. The molecule has 35 heavy (non-hydrogen) atoms. The normalized spacial score (nSPS) is 10.6. The number of carbonyl (C=O) groups excluding carboxylic acids is 1. The molecular formula is C25H18Cl2N2O6. The molecule has 0 aliphatic carbocycles.